The molecule has 8 heteroatoms. The number of nitrogens with zero attached hydrogens (tertiary/aromatic N) is 5. The minimum absolute atomic E-state index is 0.00204. The van der Waals surface area contributed by atoms with Crippen molar-refractivity contribution in [2.24, 2.45) is 0 Å². The Balaban J connectivity index is 1.60. The molecule has 1 N–H and O–H groups in total. The van der Waals surface area contributed by atoms with Crippen LogP contribution < -0.4 is 9.80 Å². The fraction of sp³-hybridized carbons (Fsp3) is 0.360. The van der Waals surface area contributed by atoms with Crippen LogP contribution in [0.15, 0.2) is 48.5 Å². The number of aliphatic hydroxyl groups is 1. The summed E-state index contributed by atoms with van der Waals surface area (Å²) in [6.45, 7) is 4.79. The summed E-state index contributed by atoms with van der Waals surface area (Å²) in [6, 6.07) is 15.5. The number of aliphatic hydroxyl groups excluding tert-OH is 1. The second kappa shape index (κ2) is 9.25. The highest BCUT2D eigenvalue weighted by Crippen LogP contribution is 2.29. The van der Waals surface area contributed by atoms with Crippen molar-refractivity contribution in [3.05, 3.63) is 65.2 Å². The van der Waals surface area contributed by atoms with Crippen molar-refractivity contribution in [1.29, 1.82) is 0 Å². The maximum absolute atomic E-state index is 11.9. The van der Waals surface area contributed by atoms with Gasteiger partial charge in [0.05, 0.1) is 25.9 Å². The lowest BCUT2D eigenvalue weighted by Gasteiger charge is -2.36. The average Bonchev–Trinajstić information content (AvgIpc) is 2.88. The molecular formula is C25H27N5O3. The number of benzene rings is 2. The number of hydrogen-bond acceptors (Lipinski definition) is 8. The first-order valence-electron chi connectivity index (χ1n) is 11.3. The molecule has 0 bridgehead atoms. The van der Waals surface area contributed by atoms with E-state index in [1.807, 2.05) is 30.3 Å². The van der Waals surface area contributed by atoms with E-state index in [4.69, 9.17) is 19.7 Å². The molecule has 8 nitrogen and oxygen atoms in total. The van der Waals surface area contributed by atoms with Gasteiger partial charge in [0, 0.05) is 30.8 Å². The standard InChI is InChI=1S/C25H27N5O3/c1-17(32)18-7-4-8-20(13-18)23-26-24(29-9-11-33-12-10-29)28-25(27-23)30-15-21-6-3-2-5-19(21)14-22(30)16-31/h2-8,13,22,31H,9-12,14-16H2,1H3/t22-/m0/s1. The van der Waals surface area contributed by atoms with E-state index >= 15 is 0 Å². The molecule has 5 rings (SSSR count). The first-order valence-corrected chi connectivity index (χ1v) is 11.3. The number of ether oxygens (including phenoxy) is 1. The second-order valence-electron chi connectivity index (χ2n) is 8.43. The number of carbonyl (C=O) groups excluding carboxylic acids is 1. The lowest BCUT2D eigenvalue weighted by Crippen LogP contribution is -2.44. The van der Waals surface area contributed by atoms with Gasteiger partial charge in [-0.2, -0.15) is 15.0 Å². The SMILES string of the molecule is CC(=O)c1cccc(-c2nc(N3CCOCC3)nc(N3Cc4ccccc4C[C@H]3CO)n2)c1. The van der Waals surface area contributed by atoms with Crippen LogP contribution in [-0.4, -0.2) is 64.8 Å². The molecule has 0 aliphatic carbocycles. The first-order chi connectivity index (χ1) is 16.1. The number of Topliss-reactive ketones (excluding diaryl/α,β-unsaturated/α-hetero) is 1. The average molecular weight is 446 g/mol. The molecule has 2 aromatic carbocycles. The van der Waals surface area contributed by atoms with Gasteiger partial charge in [-0.25, -0.2) is 0 Å². The number of fused-ring (bicyclic) bond motifs is 1. The monoisotopic (exact) mass is 445 g/mol. The Hall–Kier alpha value is -3.36. The summed E-state index contributed by atoms with van der Waals surface area (Å²) in [4.78, 5) is 30.5. The number of anilines is 2. The Morgan fingerprint density at radius 2 is 1.79 bits per heavy atom. The lowest BCUT2D eigenvalue weighted by molar-refractivity contribution is 0.101. The molecule has 2 aliphatic heterocycles. The first kappa shape index (κ1) is 21.5. The number of hydrogen-bond donors (Lipinski definition) is 1. The maximum Gasteiger partial charge on any atom is 0.231 e. The van der Waals surface area contributed by atoms with E-state index in [1.54, 1.807) is 13.0 Å². The van der Waals surface area contributed by atoms with Gasteiger partial charge < -0.3 is 19.6 Å². The molecular weight excluding hydrogens is 418 g/mol. The van der Waals surface area contributed by atoms with Crippen LogP contribution in [0, 0.1) is 0 Å². The third-order valence-electron chi connectivity index (χ3n) is 6.26. The summed E-state index contributed by atoms with van der Waals surface area (Å²) < 4.78 is 5.50. The van der Waals surface area contributed by atoms with Crippen LogP contribution in [0.4, 0.5) is 11.9 Å². The number of morpholine rings is 1. The summed E-state index contributed by atoms with van der Waals surface area (Å²) in [6.07, 6.45) is 0.723. The van der Waals surface area contributed by atoms with Gasteiger partial charge in [0.25, 0.3) is 0 Å². The zero-order valence-corrected chi connectivity index (χ0v) is 18.6. The smallest absolute Gasteiger partial charge is 0.231 e. The van der Waals surface area contributed by atoms with Crippen LogP contribution in [0.25, 0.3) is 11.4 Å². The molecule has 170 valence electrons. The van der Waals surface area contributed by atoms with Crippen LogP contribution in [0.5, 0.6) is 0 Å². The normalized spacial score (nSPS) is 18.2. The van der Waals surface area contributed by atoms with Gasteiger partial charge in [-0.3, -0.25) is 4.79 Å². The molecule has 2 aliphatic rings. The van der Waals surface area contributed by atoms with Crippen molar-refractivity contribution >= 4 is 17.7 Å². The highest BCUT2D eigenvalue weighted by atomic mass is 16.5. The number of carbonyl (C=O) groups is 1. The van der Waals surface area contributed by atoms with E-state index in [2.05, 4.69) is 21.9 Å². The van der Waals surface area contributed by atoms with Crippen LogP contribution in [0.1, 0.15) is 28.4 Å². The highest BCUT2D eigenvalue weighted by molar-refractivity contribution is 5.95. The van der Waals surface area contributed by atoms with Gasteiger partial charge in [0.1, 0.15) is 0 Å². The quantitative estimate of drug-likeness (QED) is 0.599. The van der Waals surface area contributed by atoms with E-state index in [1.165, 1.54) is 11.1 Å². The molecule has 1 saturated heterocycles. The predicted octanol–water partition coefficient (Wildman–Crippen LogP) is 2.50. The molecule has 0 saturated carbocycles. The molecule has 1 fully saturated rings. The van der Waals surface area contributed by atoms with E-state index in [0.29, 0.717) is 56.1 Å². The Labute approximate surface area is 192 Å². The maximum atomic E-state index is 11.9. The third-order valence-corrected chi connectivity index (χ3v) is 6.26. The molecule has 0 amide bonds. The molecule has 1 aromatic heterocycles. The van der Waals surface area contributed by atoms with Gasteiger partial charge in [0.15, 0.2) is 11.6 Å². The van der Waals surface area contributed by atoms with E-state index in [-0.39, 0.29) is 18.4 Å². The molecule has 0 unspecified atom stereocenters. The van der Waals surface area contributed by atoms with E-state index < -0.39 is 0 Å². The lowest BCUT2D eigenvalue weighted by atomic mass is 9.94. The van der Waals surface area contributed by atoms with E-state index in [9.17, 15) is 9.90 Å². The topological polar surface area (TPSA) is 91.7 Å². The molecule has 1 atom stereocenters. The van der Waals surface area contributed by atoms with Crippen LogP contribution >= 0.6 is 0 Å². The van der Waals surface area contributed by atoms with Crippen molar-refractivity contribution in [3.8, 4) is 11.4 Å². The Morgan fingerprint density at radius 1 is 1.03 bits per heavy atom. The summed E-state index contributed by atoms with van der Waals surface area (Å²) in [7, 11) is 0. The number of ketones is 1. The van der Waals surface area contributed by atoms with Gasteiger partial charge >= 0.3 is 0 Å². The van der Waals surface area contributed by atoms with Gasteiger partial charge in [-0.05, 0) is 30.5 Å². The number of aromatic nitrogens is 3. The fourth-order valence-corrected chi connectivity index (χ4v) is 4.38. The molecule has 0 radical (unpaired) electrons. The van der Waals surface area contributed by atoms with Crippen molar-refractivity contribution in [3.63, 3.8) is 0 Å². The Morgan fingerprint density at radius 3 is 2.55 bits per heavy atom. The largest absolute Gasteiger partial charge is 0.394 e. The van der Waals surface area contributed by atoms with Gasteiger partial charge in [-0.15, -0.1) is 0 Å². The highest BCUT2D eigenvalue weighted by Gasteiger charge is 2.29. The van der Waals surface area contributed by atoms with Crippen molar-refractivity contribution in [2.45, 2.75) is 25.9 Å². The Bertz CT molecular complexity index is 1160. The van der Waals surface area contributed by atoms with Crippen molar-refractivity contribution in [2.75, 3.05) is 42.7 Å². The van der Waals surface area contributed by atoms with Gasteiger partial charge in [-0.1, -0.05) is 42.5 Å². The van der Waals surface area contributed by atoms with Crippen molar-refractivity contribution < 1.29 is 14.6 Å². The minimum Gasteiger partial charge on any atom is -0.394 e. The summed E-state index contributed by atoms with van der Waals surface area (Å²) in [5.74, 6) is 1.62. The van der Waals surface area contributed by atoms with Crippen LogP contribution in [0.2, 0.25) is 0 Å². The van der Waals surface area contributed by atoms with E-state index in [0.717, 1.165) is 12.0 Å². The summed E-state index contributed by atoms with van der Waals surface area (Å²) in [5.41, 5.74) is 3.82. The van der Waals surface area contributed by atoms with Gasteiger partial charge in [0.2, 0.25) is 11.9 Å². The molecule has 3 aromatic rings. The Kier molecular flexibility index (Phi) is 6.02. The summed E-state index contributed by atoms with van der Waals surface area (Å²) >= 11 is 0. The second-order valence-corrected chi connectivity index (χ2v) is 8.43. The van der Waals surface area contributed by atoms with Crippen molar-refractivity contribution in [1.82, 2.24) is 15.0 Å². The minimum atomic E-state index is -0.128. The molecule has 3 heterocycles. The predicted molar refractivity (Wildman–Crippen MR) is 126 cm³/mol. The van der Waals surface area contributed by atoms with Crippen LogP contribution in [-0.2, 0) is 17.7 Å². The molecule has 33 heavy (non-hydrogen) atoms. The third kappa shape index (κ3) is 4.44. The summed E-state index contributed by atoms with van der Waals surface area (Å²) in [5, 5.41) is 10.2. The molecule has 0 spiro atoms. The fourth-order valence-electron chi connectivity index (χ4n) is 4.38. The zero-order chi connectivity index (χ0) is 22.8. The number of rotatable bonds is 5. The zero-order valence-electron chi connectivity index (χ0n) is 18.6. The van der Waals surface area contributed by atoms with Crippen LogP contribution in [0.3, 0.4) is 0 Å².